The Kier molecular flexibility index (Phi) is 4.78. The molecule has 1 atom stereocenters. The highest BCUT2D eigenvalue weighted by Crippen LogP contribution is 2.30. The van der Waals surface area contributed by atoms with Gasteiger partial charge in [-0.15, -0.1) is 5.10 Å². The molecular formula is C19H15Cl2N5O2. The van der Waals surface area contributed by atoms with Gasteiger partial charge >= 0.3 is 0 Å². The van der Waals surface area contributed by atoms with E-state index in [0.29, 0.717) is 27.5 Å². The number of hydrogen-bond donors (Lipinski definition) is 2. The molecule has 4 rings (SSSR count). The molecule has 1 unspecified atom stereocenters. The largest absolute Gasteiger partial charge is 0.325 e. The van der Waals surface area contributed by atoms with E-state index in [2.05, 4.69) is 20.7 Å². The van der Waals surface area contributed by atoms with Gasteiger partial charge in [-0.25, -0.2) is 4.68 Å². The first-order valence-electron chi connectivity index (χ1n) is 8.50. The van der Waals surface area contributed by atoms with E-state index in [1.165, 1.54) is 4.68 Å². The number of nitrogens with zero attached hydrogens (tertiary/aromatic N) is 3. The third-order valence-electron chi connectivity index (χ3n) is 4.36. The van der Waals surface area contributed by atoms with Crippen molar-refractivity contribution in [2.45, 2.75) is 19.4 Å². The molecule has 0 spiro atoms. The molecule has 28 heavy (non-hydrogen) atoms. The average molecular weight is 416 g/mol. The summed E-state index contributed by atoms with van der Waals surface area (Å²) >= 11 is 12.0. The zero-order chi connectivity index (χ0) is 19.8. The third-order valence-corrected chi connectivity index (χ3v) is 4.92. The zero-order valence-corrected chi connectivity index (χ0v) is 16.3. The number of hydrogen-bond acceptors (Lipinski definition) is 4. The molecule has 0 bridgehead atoms. The number of carbonyl (C=O) groups excluding carboxylic acids is 2. The smallest absolute Gasteiger partial charge is 0.252 e. The lowest BCUT2D eigenvalue weighted by Crippen LogP contribution is -2.23. The molecule has 142 valence electrons. The normalized spacial score (nSPS) is 15.2. The van der Waals surface area contributed by atoms with Crippen LogP contribution in [0.4, 0.5) is 11.6 Å². The minimum absolute atomic E-state index is 0.113. The SMILES string of the molecule is Cc1ccc(-c2nc3n(n2)C(CC(=O)Nc2cc(Cl)ccc2Cl)C(=O)N3)cc1. The second-order valence-electron chi connectivity index (χ2n) is 6.45. The monoisotopic (exact) mass is 415 g/mol. The summed E-state index contributed by atoms with van der Waals surface area (Å²) in [5.41, 5.74) is 2.34. The summed E-state index contributed by atoms with van der Waals surface area (Å²) in [5.74, 6) is 0.0832. The molecule has 0 saturated heterocycles. The first kappa shape index (κ1) is 18.5. The molecule has 0 radical (unpaired) electrons. The molecule has 0 saturated carbocycles. The molecule has 2 aromatic carbocycles. The standard InChI is InChI=1S/C19H15Cl2N5O2/c1-10-2-4-11(5-3-10)17-23-19-24-18(28)15(26(19)25-17)9-16(27)22-14-8-12(20)6-7-13(14)21/h2-8,15H,9H2,1H3,(H,22,27)(H,23,24,25,28). The van der Waals surface area contributed by atoms with Crippen molar-refractivity contribution in [3.63, 3.8) is 0 Å². The van der Waals surface area contributed by atoms with Crippen LogP contribution in [0.25, 0.3) is 11.4 Å². The summed E-state index contributed by atoms with van der Waals surface area (Å²) in [6.07, 6.45) is -0.113. The second-order valence-corrected chi connectivity index (χ2v) is 7.29. The Morgan fingerprint density at radius 1 is 1.21 bits per heavy atom. The van der Waals surface area contributed by atoms with Gasteiger partial charge in [0.1, 0.15) is 6.04 Å². The topological polar surface area (TPSA) is 88.9 Å². The van der Waals surface area contributed by atoms with Crippen molar-refractivity contribution in [3.8, 4) is 11.4 Å². The first-order chi connectivity index (χ1) is 13.4. The van der Waals surface area contributed by atoms with Gasteiger partial charge in [0.15, 0.2) is 5.82 Å². The van der Waals surface area contributed by atoms with Crippen LogP contribution in [-0.4, -0.2) is 26.6 Å². The summed E-state index contributed by atoms with van der Waals surface area (Å²) in [6.45, 7) is 1.99. The van der Waals surface area contributed by atoms with E-state index in [-0.39, 0.29) is 18.2 Å². The quantitative estimate of drug-likeness (QED) is 0.671. The van der Waals surface area contributed by atoms with Crippen molar-refractivity contribution in [2.75, 3.05) is 10.6 Å². The molecule has 2 amide bonds. The molecule has 2 heterocycles. The molecule has 3 aromatic rings. The number of halogens is 2. The lowest BCUT2D eigenvalue weighted by Gasteiger charge is -2.11. The van der Waals surface area contributed by atoms with Crippen molar-refractivity contribution in [1.29, 1.82) is 0 Å². The Labute approximate surface area is 170 Å². The van der Waals surface area contributed by atoms with Gasteiger partial charge in [-0.2, -0.15) is 4.98 Å². The van der Waals surface area contributed by atoms with Crippen LogP contribution in [0.2, 0.25) is 10.0 Å². The van der Waals surface area contributed by atoms with Crippen LogP contribution in [0.15, 0.2) is 42.5 Å². The number of anilines is 2. The molecule has 0 aliphatic carbocycles. The fourth-order valence-corrected chi connectivity index (χ4v) is 3.24. The Bertz CT molecular complexity index is 1080. The van der Waals surface area contributed by atoms with Gasteiger partial charge in [-0.3, -0.25) is 14.9 Å². The van der Waals surface area contributed by atoms with Crippen LogP contribution in [0, 0.1) is 6.92 Å². The minimum atomic E-state index is -0.792. The van der Waals surface area contributed by atoms with E-state index in [1.807, 2.05) is 31.2 Å². The van der Waals surface area contributed by atoms with Crippen molar-refractivity contribution >= 4 is 46.7 Å². The van der Waals surface area contributed by atoms with E-state index in [9.17, 15) is 9.59 Å². The highest BCUT2D eigenvalue weighted by molar-refractivity contribution is 6.35. The van der Waals surface area contributed by atoms with Gasteiger partial charge < -0.3 is 5.32 Å². The summed E-state index contributed by atoms with van der Waals surface area (Å²) < 4.78 is 1.44. The first-order valence-corrected chi connectivity index (χ1v) is 9.25. The second kappa shape index (κ2) is 7.26. The fraction of sp³-hybridized carbons (Fsp3) is 0.158. The van der Waals surface area contributed by atoms with Gasteiger partial charge in [0.25, 0.3) is 5.91 Å². The number of aryl methyl sites for hydroxylation is 1. The number of nitrogens with one attached hydrogen (secondary N) is 2. The van der Waals surface area contributed by atoms with E-state index >= 15 is 0 Å². The van der Waals surface area contributed by atoms with Crippen LogP contribution in [0.3, 0.4) is 0 Å². The van der Waals surface area contributed by atoms with Crippen molar-refractivity contribution in [3.05, 3.63) is 58.1 Å². The molecule has 2 N–H and O–H groups in total. The zero-order valence-electron chi connectivity index (χ0n) is 14.7. The summed E-state index contributed by atoms with van der Waals surface area (Å²) in [7, 11) is 0. The summed E-state index contributed by atoms with van der Waals surface area (Å²) in [4.78, 5) is 29.1. The highest BCUT2D eigenvalue weighted by Gasteiger charge is 2.35. The Morgan fingerprint density at radius 3 is 2.71 bits per heavy atom. The molecule has 1 aliphatic rings. The van der Waals surface area contributed by atoms with Gasteiger partial charge in [0.05, 0.1) is 17.1 Å². The Balaban J connectivity index is 1.53. The van der Waals surface area contributed by atoms with E-state index in [4.69, 9.17) is 23.2 Å². The minimum Gasteiger partial charge on any atom is -0.325 e. The lowest BCUT2D eigenvalue weighted by atomic mass is 10.1. The lowest BCUT2D eigenvalue weighted by molar-refractivity contribution is -0.123. The predicted molar refractivity (Wildman–Crippen MR) is 108 cm³/mol. The van der Waals surface area contributed by atoms with Gasteiger partial charge in [0, 0.05) is 10.6 Å². The van der Waals surface area contributed by atoms with E-state index in [0.717, 1.165) is 11.1 Å². The Morgan fingerprint density at radius 2 is 1.96 bits per heavy atom. The molecular weight excluding hydrogens is 401 g/mol. The van der Waals surface area contributed by atoms with Crippen LogP contribution in [0.5, 0.6) is 0 Å². The fourth-order valence-electron chi connectivity index (χ4n) is 2.90. The average Bonchev–Trinajstić information content (AvgIpc) is 3.18. The van der Waals surface area contributed by atoms with E-state index < -0.39 is 6.04 Å². The van der Waals surface area contributed by atoms with Gasteiger partial charge in [0.2, 0.25) is 11.9 Å². The summed E-state index contributed by atoms with van der Waals surface area (Å²) in [5, 5.41) is 10.6. The number of fused-ring (bicyclic) bond motifs is 1. The van der Waals surface area contributed by atoms with Crippen molar-refractivity contribution < 1.29 is 9.59 Å². The number of amides is 2. The van der Waals surface area contributed by atoms with Crippen molar-refractivity contribution in [1.82, 2.24) is 14.8 Å². The maximum Gasteiger partial charge on any atom is 0.252 e. The molecule has 1 aromatic heterocycles. The predicted octanol–water partition coefficient (Wildman–Crippen LogP) is 4.08. The highest BCUT2D eigenvalue weighted by atomic mass is 35.5. The van der Waals surface area contributed by atoms with Crippen molar-refractivity contribution in [2.24, 2.45) is 0 Å². The number of aromatic nitrogens is 3. The van der Waals surface area contributed by atoms with Crippen LogP contribution >= 0.6 is 23.2 Å². The van der Waals surface area contributed by atoms with Crippen LogP contribution in [-0.2, 0) is 9.59 Å². The molecule has 7 nitrogen and oxygen atoms in total. The molecule has 9 heteroatoms. The third kappa shape index (κ3) is 3.58. The number of carbonyl (C=O) groups is 2. The number of rotatable bonds is 4. The van der Waals surface area contributed by atoms with Crippen LogP contribution in [0.1, 0.15) is 18.0 Å². The molecule has 0 fully saturated rings. The van der Waals surface area contributed by atoms with Gasteiger partial charge in [-0.1, -0.05) is 53.0 Å². The van der Waals surface area contributed by atoms with E-state index in [1.54, 1.807) is 18.2 Å². The van der Waals surface area contributed by atoms with Gasteiger partial charge in [-0.05, 0) is 25.1 Å². The summed E-state index contributed by atoms with van der Waals surface area (Å²) in [6, 6.07) is 11.7. The van der Waals surface area contributed by atoms with Crippen LogP contribution < -0.4 is 10.6 Å². The maximum atomic E-state index is 12.4. The Hall–Kier alpha value is -2.90. The number of benzene rings is 2. The molecule has 1 aliphatic heterocycles. The maximum absolute atomic E-state index is 12.4.